The number of aromatic carboxylic acids is 1. The maximum absolute atomic E-state index is 11.6. The molecule has 1 aliphatic carbocycles. The van der Waals surface area contributed by atoms with Gasteiger partial charge >= 0.3 is 11.9 Å². The molecule has 5 heteroatoms. The van der Waals surface area contributed by atoms with Crippen LogP contribution in [-0.2, 0) is 24.2 Å². The lowest BCUT2D eigenvalue weighted by molar-refractivity contribution is -0.137. The van der Waals surface area contributed by atoms with Crippen LogP contribution in [0.2, 0.25) is 0 Å². The standard InChI is InChI=1S/C19H23NO4/c1-19(2,3)11-7-8-15-14(9-11)12-5-4-6-13(18(23)24)17(12)20(15)10-16(21)22/h4-6,11H,7-10H2,1-3H3,(H,21,22)(H,23,24). The molecule has 24 heavy (non-hydrogen) atoms. The van der Waals surface area contributed by atoms with E-state index in [-0.39, 0.29) is 17.5 Å². The normalized spacial score (nSPS) is 17.7. The molecule has 5 nitrogen and oxygen atoms in total. The molecular weight excluding hydrogens is 306 g/mol. The second-order valence-corrected chi connectivity index (χ2v) is 7.72. The predicted molar refractivity (Wildman–Crippen MR) is 91.5 cm³/mol. The number of hydrogen-bond donors (Lipinski definition) is 2. The number of nitrogens with zero attached hydrogens (tertiary/aromatic N) is 1. The number of para-hydroxylation sites is 1. The topological polar surface area (TPSA) is 79.5 Å². The quantitative estimate of drug-likeness (QED) is 0.902. The van der Waals surface area contributed by atoms with E-state index in [0.29, 0.717) is 11.4 Å². The average molecular weight is 329 g/mol. The highest BCUT2D eigenvalue weighted by molar-refractivity contribution is 6.04. The fraction of sp³-hybridized carbons (Fsp3) is 0.474. The van der Waals surface area contributed by atoms with Crippen molar-refractivity contribution in [3.63, 3.8) is 0 Å². The fourth-order valence-corrected chi connectivity index (χ4v) is 3.93. The summed E-state index contributed by atoms with van der Waals surface area (Å²) in [7, 11) is 0. The highest BCUT2D eigenvalue weighted by Crippen LogP contribution is 2.41. The number of rotatable bonds is 3. The van der Waals surface area contributed by atoms with Crippen molar-refractivity contribution < 1.29 is 19.8 Å². The smallest absolute Gasteiger partial charge is 0.337 e. The van der Waals surface area contributed by atoms with Crippen LogP contribution in [0.1, 0.15) is 48.8 Å². The molecule has 1 aromatic carbocycles. The number of carboxylic acids is 2. The molecule has 0 aliphatic heterocycles. The molecule has 1 aliphatic rings. The Morgan fingerprint density at radius 2 is 1.96 bits per heavy atom. The molecule has 1 atom stereocenters. The number of benzene rings is 1. The fourth-order valence-electron chi connectivity index (χ4n) is 3.93. The molecule has 0 bridgehead atoms. The zero-order valence-electron chi connectivity index (χ0n) is 14.3. The number of aromatic nitrogens is 1. The Morgan fingerprint density at radius 1 is 1.25 bits per heavy atom. The molecule has 0 radical (unpaired) electrons. The number of hydrogen-bond acceptors (Lipinski definition) is 2. The van der Waals surface area contributed by atoms with Crippen LogP contribution in [-0.4, -0.2) is 26.7 Å². The lowest BCUT2D eigenvalue weighted by Crippen LogP contribution is -2.27. The first-order valence-corrected chi connectivity index (χ1v) is 8.28. The summed E-state index contributed by atoms with van der Waals surface area (Å²) < 4.78 is 1.70. The van der Waals surface area contributed by atoms with Gasteiger partial charge in [-0.05, 0) is 42.2 Å². The van der Waals surface area contributed by atoms with Crippen molar-refractivity contribution in [3.05, 3.63) is 35.0 Å². The minimum atomic E-state index is -1.02. The molecule has 1 aromatic heterocycles. The summed E-state index contributed by atoms with van der Waals surface area (Å²) in [5, 5.41) is 19.7. The van der Waals surface area contributed by atoms with Gasteiger partial charge in [0.15, 0.2) is 0 Å². The summed E-state index contributed by atoms with van der Waals surface area (Å²) in [5.41, 5.74) is 3.01. The maximum atomic E-state index is 11.6. The molecule has 0 fully saturated rings. The Morgan fingerprint density at radius 3 is 2.54 bits per heavy atom. The summed E-state index contributed by atoms with van der Waals surface area (Å²) in [6.07, 6.45) is 2.65. The third-order valence-corrected chi connectivity index (χ3v) is 5.23. The lowest BCUT2D eigenvalue weighted by atomic mass is 9.71. The molecule has 2 aromatic rings. The molecule has 3 rings (SSSR count). The van der Waals surface area contributed by atoms with Crippen molar-refractivity contribution >= 4 is 22.8 Å². The summed E-state index contributed by atoms with van der Waals surface area (Å²) in [4.78, 5) is 23.0. The second kappa shape index (κ2) is 5.65. The van der Waals surface area contributed by atoms with Gasteiger partial charge in [0.1, 0.15) is 6.54 Å². The first kappa shape index (κ1) is 16.6. The molecule has 0 saturated heterocycles. The Hall–Kier alpha value is -2.30. The Kier molecular flexibility index (Phi) is 3.90. The number of carboxylic acid groups (broad SMARTS) is 2. The highest BCUT2D eigenvalue weighted by atomic mass is 16.4. The average Bonchev–Trinajstić information content (AvgIpc) is 2.79. The number of fused-ring (bicyclic) bond motifs is 3. The van der Waals surface area contributed by atoms with Crippen LogP contribution in [0.4, 0.5) is 0 Å². The Labute approximate surface area is 140 Å². The van der Waals surface area contributed by atoms with E-state index in [1.54, 1.807) is 16.7 Å². The van der Waals surface area contributed by atoms with Crippen molar-refractivity contribution in [2.75, 3.05) is 0 Å². The van der Waals surface area contributed by atoms with Gasteiger partial charge in [-0.15, -0.1) is 0 Å². The Bertz CT molecular complexity index is 826. The van der Waals surface area contributed by atoms with Gasteiger partial charge in [0.2, 0.25) is 0 Å². The van der Waals surface area contributed by atoms with Gasteiger partial charge in [0.25, 0.3) is 0 Å². The molecule has 0 saturated carbocycles. The summed E-state index contributed by atoms with van der Waals surface area (Å²) >= 11 is 0. The van der Waals surface area contributed by atoms with Crippen molar-refractivity contribution in [3.8, 4) is 0 Å². The first-order chi connectivity index (χ1) is 11.2. The summed E-state index contributed by atoms with van der Waals surface area (Å²) in [5.74, 6) is -1.47. The van der Waals surface area contributed by atoms with Crippen LogP contribution in [0.15, 0.2) is 18.2 Å². The monoisotopic (exact) mass is 329 g/mol. The van der Waals surface area contributed by atoms with E-state index in [4.69, 9.17) is 0 Å². The zero-order valence-corrected chi connectivity index (χ0v) is 14.3. The van der Waals surface area contributed by atoms with Gasteiger partial charge in [-0.1, -0.05) is 32.9 Å². The van der Waals surface area contributed by atoms with Gasteiger partial charge in [0.05, 0.1) is 11.1 Å². The van der Waals surface area contributed by atoms with Crippen LogP contribution < -0.4 is 0 Å². The molecule has 128 valence electrons. The number of carbonyl (C=O) groups is 2. The second-order valence-electron chi connectivity index (χ2n) is 7.72. The van der Waals surface area contributed by atoms with E-state index >= 15 is 0 Å². The van der Waals surface area contributed by atoms with E-state index in [1.165, 1.54) is 0 Å². The van der Waals surface area contributed by atoms with Crippen LogP contribution in [0.5, 0.6) is 0 Å². The van der Waals surface area contributed by atoms with Crippen molar-refractivity contribution in [1.82, 2.24) is 4.57 Å². The number of aliphatic carboxylic acids is 1. The van der Waals surface area contributed by atoms with Crippen LogP contribution in [0.25, 0.3) is 10.9 Å². The van der Waals surface area contributed by atoms with E-state index in [9.17, 15) is 19.8 Å². The zero-order chi connectivity index (χ0) is 17.6. The largest absolute Gasteiger partial charge is 0.480 e. The van der Waals surface area contributed by atoms with Gasteiger partial charge in [-0.3, -0.25) is 4.79 Å². The van der Waals surface area contributed by atoms with Crippen molar-refractivity contribution in [1.29, 1.82) is 0 Å². The van der Waals surface area contributed by atoms with Gasteiger partial charge in [-0.25, -0.2) is 4.79 Å². The molecular formula is C19H23NO4. The first-order valence-electron chi connectivity index (χ1n) is 8.28. The van der Waals surface area contributed by atoms with E-state index in [2.05, 4.69) is 20.8 Å². The predicted octanol–water partition coefficient (Wildman–Crippen LogP) is 3.58. The minimum Gasteiger partial charge on any atom is -0.480 e. The van der Waals surface area contributed by atoms with Crippen molar-refractivity contribution in [2.24, 2.45) is 11.3 Å². The molecule has 1 unspecified atom stereocenters. The van der Waals surface area contributed by atoms with Gasteiger partial charge < -0.3 is 14.8 Å². The van der Waals surface area contributed by atoms with E-state index < -0.39 is 11.9 Å². The van der Waals surface area contributed by atoms with Gasteiger partial charge in [-0.2, -0.15) is 0 Å². The van der Waals surface area contributed by atoms with E-state index in [0.717, 1.165) is 35.9 Å². The van der Waals surface area contributed by atoms with Gasteiger partial charge in [0, 0.05) is 11.1 Å². The minimum absolute atomic E-state index is 0.170. The summed E-state index contributed by atoms with van der Waals surface area (Å²) in [6.45, 7) is 6.47. The highest BCUT2D eigenvalue weighted by Gasteiger charge is 2.33. The molecule has 0 amide bonds. The Balaban J connectivity index is 2.26. The van der Waals surface area contributed by atoms with Crippen LogP contribution >= 0.6 is 0 Å². The van der Waals surface area contributed by atoms with Crippen molar-refractivity contribution in [2.45, 2.75) is 46.6 Å². The van der Waals surface area contributed by atoms with Crippen LogP contribution in [0.3, 0.4) is 0 Å². The summed E-state index contributed by atoms with van der Waals surface area (Å²) in [6, 6.07) is 5.22. The molecule has 2 N–H and O–H groups in total. The van der Waals surface area contributed by atoms with Crippen LogP contribution in [0, 0.1) is 11.3 Å². The lowest BCUT2D eigenvalue weighted by Gasteiger charge is -2.34. The maximum Gasteiger partial charge on any atom is 0.337 e. The molecule has 0 spiro atoms. The van der Waals surface area contributed by atoms with E-state index in [1.807, 2.05) is 6.07 Å². The third-order valence-electron chi connectivity index (χ3n) is 5.23. The molecule has 1 heterocycles. The SMILES string of the molecule is CC(C)(C)C1CCc2c(c3cccc(C(=O)O)c3n2CC(=O)O)C1. The third kappa shape index (κ3) is 2.68.